The van der Waals surface area contributed by atoms with Crippen LogP contribution in [0.4, 0.5) is 5.69 Å². The summed E-state index contributed by atoms with van der Waals surface area (Å²) >= 11 is 7.05. The van der Waals surface area contributed by atoms with E-state index in [4.69, 9.17) is 26.6 Å². The monoisotopic (exact) mass is 368 g/mol. The van der Waals surface area contributed by atoms with Crippen LogP contribution in [0.2, 0.25) is 5.15 Å². The molecule has 0 bridgehead atoms. The van der Waals surface area contributed by atoms with Gasteiger partial charge in [-0.3, -0.25) is 4.79 Å². The lowest BCUT2D eigenvalue weighted by molar-refractivity contribution is -0.109. The Morgan fingerprint density at radius 1 is 1.38 bits per heavy atom. The summed E-state index contributed by atoms with van der Waals surface area (Å²) in [6.07, 6.45) is 3.46. The molecule has 1 aromatic rings. The highest BCUT2D eigenvalue weighted by Crippen LogP contribution is 2.39. The number of halogens is 1. The number of anilines is 1. The van der Waals surface area contributed by atoms with Crippen LogP contribution in [0.15, 0.2) is 17.7 Å². The summed E-state index contributed by atoms with van der Waals surface area (Å²) in [6, 6.07) is 1.59. The molecule has 0 saturated carbocycles. The molecular weight excluding hydrogens is 347 g/mol. The molecule has 0 aromatic carbocycles. The first kappa shape index (κ1) is 19.3. The molecule has 1 aliphatic heterocycles. The van der Waals surface area contributed by atoms with E-state index in [0.29, 0.717) is 22.2 Å². The van der Waals surface area contributed by atoms with Gasteiger partial charge in [0.2, 0.25) is 0 Å². The third-order valence-corrected chi connectivity index (χ3v) is 5.36. The van der Waals surface area contributed by atoms with Gasteiger partial charge < -0.3 is 15.0 Å². The number of nitrogens with zero attached hydrogens (tertiary/aromatic N) is 1. The quantitative estimate of drug-likeness (QED) is 0.646. The van der Waals surface area contributed by atoms with Gasteiger partial charge in [-0.15, -0.1) is 0 Å². The molecule has 1 fully saturated rings. The first-order valence-electron chi connectivity index (χ1n) is 7.62. The fourth-order valence-electron chi connectivity index (χ4n) is 2.13. The Bertz CT molecular complexity index is 663. The van der Waals surface area contributed by atoms with Crippen LogP contribution in [-0.2, 0) is 14.1 Å². The molecule has 0 spiro atoms. The lowest BCUT2D eigenvalue weighted by Gasteiger charge is -2.32. The summed E-state index contributed by atoms with van der Waals surface area (Å²) < 4.78 is 12.2. The van der Waals surface area contributed by atoms with Crippen molar-refractivity contribution in [2.75, 3.05) is 11.5 Å². The number of carbonyl (C=O) groups is 1. The Balaban J connectivity index is 2.35. The number of nitrogen functional groups attached to an aromatic ring is 1. The van der Waals surface area contributed by atoms with Gasteiger partial charge in [-0.25, -0.2) is 4.98 Å². The highest BCUT2D eigenvalue weighted by Gasteiger charge is 2.52. The van der Waals surface area contributed by atoms with Crippen molar-refractivity contribution in [2.45, 2.75) is 45.8 Å². The summed E-state index contributed by atoms with van der Waals surface area (Å²) in [5.41, 5.74) is 7.14. The van der Waals surface area contributed by atoms with Gasteiger partial charge in [0.1, 0.15) is 5.15 Å². The van der Waals surface area contributed by atoms with Crippen LogP contribution >= 0.6 is 23.4 Å². The van der Waals surface area contributed by atoms with E-state index in [1.165, 1.54) is 18.7 Å². The second-order valence-electron chi connectivity index (χ2n) is 6.72. The standard InChI is InChI=1S/C16H22BClN2O3S/c1-10(21)24-9-12(6-11-8-20-14(18)7-13(11)19)17-22-15(2,3)16(4,5)23-17/h6-8H,9H2,1-5H3,(H2,19,20). The summed E-state index contributed by atoms with van der Waals surface area (Å²) in [7, 11) is -0.545. The molecule has 0 radical (unpaired) electrons. The fourth-order valence-corrected chi connectivity index (χ4v) is 2.89. The number of rotatable bonds is 4. The second kappa shape index (κ2) is 7.08. The third-order valence-electron chi connectivity index (χ3n) is 4.27. The van der Waals surface area contributed by atoms with E-state index >= 15 is 0 Å². The first-order chi connectivity index (χ1) is 11.0. The van der Waals surface area contributed by atoms with E-state index in [9.17, 15) is 4.79 Å². The number of aromatic nitrogens is 1. The number of nitrogens with two attached hydrogens (primary N) is 1. The van der Waals surface area contributed by atoms with Gasteiger partial charge >= 0.3 is 7.12 Å². The summed E-state index contributed by atoms with van der Waals surface area (Å²) in [6.45, 7) is 9.48. The minimum absolute atomic E-state index is 0.0274. The first-order valence-corrected chi connectivity index (χ1v) is 8.99. The Morgan fingerprint density at radius 3 is 2.46 bits per heavy atom. The van der Waals surface area contributed by atoms with Crippen LogP contribution in [0.5, 0.6) is 0 Å². The van der Waals surface area contributed by atoms with Gasteiger partial charge in [0.25, 0.3) is 0 Å². The molecule has 2 heterocycles. The number of hydrogen-bond donors (Lipinski definition) is 1. The molecule has 0 amide bonds. The maximum atomic E-state index is 11.4. The Hall–Kier alpha value is -1.02. The average Bonchev–Trinajstić information content (AvgIpc) is 2.65. The van der Waals surface area contributed by atoms with Crippen molar-refractivity contribution >= 4 is 47.4 Å². The molecule has 130 valence electrons. The van der Waals surface area contributed by atoms with Crippen molar-refractivity contribution in [3.05, 3.63) is 28.5 Å². The Kier molecular flexibility index (Phi) is 5.70. The maximum absolute atomic E-state index is 11.4. The predicted molar refractivity (Wildman–Crippen MR) is 101 cm³/mol. The number of pyridine rings is 1. The van der Waals surface area contributed by atoms with Gasteiger partial charge in [0, 0.05) is 30.1 Å². The van der Waals surface area contributed by atoms with Crippen LogP contribution in [0.1, 0.15) is 40.2 Å². The zero-order valence-corrected chi connectivity index (χ0v) is 16.1. The molecule has 0 unspecified atom stereocenters. The van der Waals surface area contributed by atoms with E-state index in [1.807, 2.05) is 33.8 Å². The lowest BCUT2D eigenvalue weighted by atomic mass is 9.78. The minimum Gasteiger partial charge on any atom is -0.400 e. The van der Waals surface area contributed by atoms with Gasteiger partial charge in [-0.2, -0.15) is 0 Å². The van der Waals surface area contributed by atoms with Crippen molar-refractivity contribution < 1.29 is 14.1 Å². The Morgan fingerprint density at radius 2 is 1.96 bits per heavy atom. The molecule has 0 aliphatic carbocycles. The van der Waals surface area contributed by atoms with Crippen LogP contribution in [-0.4, -0.2) is 34.2 Å². The zero-order chi connectivity index (χ0) is 18.1. The third kappa shape index (κ3) is 4.33. The van der Waals surface area contributed by atoms with Gasteiger partial charge in [0.15, 0.2) is 5.12 Å². The summed E-state index contributed by atoms with van der Waals surface area (Å²) in [5, 5.41) is 0.361. The smallest absolute Gasteiger partial charge is 0.400 e. The van der Waals surface area contributed by atoms with Crippen molar-refractivity contribution in [2.24, 2.45) is 0 Å². The molecule has 8 heteroatoms. The van der Waals surface area contributed by atoms with Crippen molar-refractivity contribution in [1.29, 1.82) is 0 Å². The number of carbonyl (C=O) groups excluding carboxylic acids is 1. The van der Waals surface area contributed by atoms with E-state index < -0.39 is 18.3 Å². The van der Waals surface area contributed by atoms with Crippen LogP contribution in [0, 0.1) is 0 Å². The molecule has 1 saturated heterocycles. The van der Waals surface area contributed by atoms with Crippen LogP contribution in [0.25, 0.3) is 6.08 Å². The van der Waals surface area contributed by atoms with Crippen molar-refractivity contribution in [3.63, 3.8) is 0 Å². The van der Waals surface area contributed by atoms with Crippen LogP contribution < -0.4 is 5.73 Å². The minimum atomic E-state index is -0.545. The summed E-state index contributed by atoms with van der Waals surface area (Å²) in [4.78, 5) is 15.4. The van der Waals surface area contributed by atoms with E-state index in [0.717, 1.165) is 5.47 Å². The van der Waals surface area contributed by atoms with E-state index in [2.05, 4.69) is 4.98 Å². The van der Waals surface area contributed by atoms with Gasteiger partial charge in [0.05, 0.1) is 11.2 Å². The molecule has 5 nitrogen and oxygen atoms in total. The van der Waals surface area contributed by atoms with E-state index in [1.54, 1.807) is 12.3 Å². The summed E-state index contributed by atoms with van der Waals surface area (Å²) in [5.74, 6) is 0.453. The average molecular weight is 369 g/mol. The zero-order valence-electron chi connectivity index (χ0n) is 14.6. The molecule has 1 aliphatic rings. The maximum Gasteiger partial charge on any atom is 0.491 e. The van der Waals surface area contributed by atoms with E-state index in [-0.39, 0.29) is 5.12 Å². The predicted octanol–water partition coefficient (Wildman–Crippen LogP) is 3.61. The fraction of sp³-hybridized carbons (Fsp3) is 0.500. The van der Waals surface area contributed by atoms with Crippen molar-refractivity contribution in [1.82, 2.24) is 4.98 Å². The lowest BCUT2D eigenvalue weighted by Crippen LogP contribution is -2.41. The molecular formula is C16H22BClN2O3S. The normalized spacial score (nSPS) is 19.6. The molecule has 1 aromatic heterocycles. The second-order valence-corrected chi connectivity index (χ2v) is 8.26. The van der Waals surface area contributed by atoms with Crippen molar-refractivity contribution in [3.8, 4) is 0 Å². The highest BCUT2D eigenvalue weighted by atomic mass is 35.5. The molecule has 2 rings (SSSR count). The highest BCUT2D eigenvalue weighted by molar-refractivity contribution is 8.13. The topological polar surface area (TPSA) is 74.4 Å². The Labute approximate surface area is 152 Å². The SMILES string of the molecule is CC(=O)SCC(=Cc1cnc(Cl)cc1N)B1OC(C)(C)C(C)(C)O1. The van der Waals surface area contributed by atoms with Crippen LogP contribution in [0.3, 0.4) is 0 Å². The molecule has 24 heavy (non-hydrogen) atoms. The molecule has 2 N–H and O–H groups in total. The van der Waals surface area contributed by atoms with Gasteiger partial charge in [-0.05, 0) is 39.2 Å². The largest absolute Gasteiger partial charge is 0.491 e. The number of hydrogen-bond acceptors (Lipinski definition) is 6. The van der Waals surface area contributed by atoms with Gasteiger partial charge in [-0.1, -0.05) is 29.4 Å². The number of thioether (sulfide) groups is 1. The molecule has 0 atom stereocenters.